The van der Waals surface area contributed by atoms with E-state index in [4.69, 9.17) is 0 Å². The Hall–Kier alpha value is -3.45. The van der Waals surface area contributed by atoms with Crippen LogP contribution in [0.3, 0.4) is 0 Å². The molecule has 0 aliphatic carbocycles. The Balaban J connectivity index is 1.99. The van der Waals surface area contributed by atoms with Crippen molar-refractivity contribution < 1.29 is 24.4 Å². The zero-order chi connectivity index (χ0) is 22.3. The number of nitrogens with one attached hydrogen (secondary N) is 1. The van der Waals surface area contributed by atoms with Gasteiger partial charge < -0.3 is 19.8 Å². The Morgan fingerprint density at radius 1 is 1.00 bits per heavy atom. The Morgan fingerprint density at radius 3 is 2.32 bits per heavy atom. The average Bonchev–Trinajstić information content (AvgIpc) is 3.13. The molecule has 2 aromatic rings. The molecular formula is C24H26N3O4+. The molecule has 0 unspecified atom stereocenters. The van der Waals surface area contributed by atoms with Gasteiger partial charge in [-0.1, -0.05) is 48.5 Å². The topological polar surface area (TPSA) is 82.4 Å². The van der Waals surface area contributed by atoms with E-state index in [1.807, 2.05) is 14.1 Å². The van der Waals surface area contributed by atoms with Crippen LogP contribution in [0.2, 0.25) is 0 Å². The van der Waals surface area contributed by atoms with Crippen molar-refractivity contribution in [2.75, 3.05) is 39.1 Å². The summed E-state index contributed by atoms with van der Waals surface area (Å²) in [5.74, 6) is -2.34. The number of aliphatic hydroxyl groups excluding tert-OH is 1. The molecule has 0 bridgehead atoms. The number of fused-ring (bicyclic) bond motifs is 2. The predicted molar refractivity (Wildman–Crippen MR) is 117 cm³/mol. The predicted octanol–water partition coefficient (Wildman–Crippen LogP) is 0.774. The number of benzene rings is 2. The molecule has 1 spiro atoms. The first kappa shape index (κ1) is 20.8. The first-order valence-electron chi connectivity index (χ1n) is 10.3. The second-order valence-electron chi connectivity index (χ2n) is 8.28. The number of amides is 2. The quantitative estimate of drug-likeness (QED) is 0.425. The average molecular weight is 420 g/mol. The van der Waals surface area contributed by atoms with Crippen molar-refractivity contribution >= 4 is 29.0 Å². The lowest BCUT2D eigenvalue weighted by Crippen LogP contribution is -3.05. The van der Waals surface area contributed by atoms with Crippen molar-refractivity contribution in [2.24, 2.45) is 0 Å². The minimum atomic E-state index is -1.67. The molecule has 2 N–H and O–H groups in total. The molecule has 0 saturated carbocycles. The van der Waals surface area contributed by atoms with E-state index in [-0.39, 0.29) is 17.9 Å². The van der Waals surface area contributed by atoms with Crippen LogP contribution in [0.25, 0.3) is 5.76 Å². The minimum Gasteiger partial charge on any atom is -0.507 e. The fraction of sp³-hybridized carbons (Fsp3) is 0.292. The van der Waals surface area contributed by atoms with Crippen molar-refractivity contribution in [3.05, 3.63) is 71.3 Å². The fourth-order valence-electron chi connectivity index (χ4n) is 4.60. The van der Waals surface area contributed by atoms with Crippen molar-refractivity contribution in [1.82, 2.24) is 4.90 Å². The number of hydrogen-bond acceptors (Lipinski definition) is 4. The van der Waals surface area contributed by atoms with Crippen LogP contribution < -0.4 is 9.80 Å². The largest absolute Gasteiger partial charge is 0.507 e. The van der Waals surface area contributed by atoms with Gasteiger partial charge in [-0.15, -0.1) is 0 Å². The van der Waals surface area contributed by atoms with Gasteiger partial charge in [0.2, 0.25) is 0 Å². The van der Waals surface area contributed by atoms with E-state index >= 15 is 0 Å². The summed E-state index contributed by atoms with van der Waals surface area (Å²) < 4.78 is 0. The van der Waals surface area contributed by atoms with Crippen LogP contribution in [-0.2, 0) is 19.9 Å². The summed E-state index contributed by atoms with van der Waals surface area (Å²) in [4.78, 5) is 44.2. The highest BCUT2D eigenvalue weighted by Gasteiger charge is 2.66. The van der Waals surface area contributed by atoms with Gasteiger partial charge in [-0.05, 0) is 6.07 Å². The lowest BCUT2D eigenvalue weighted by molar-refractivity contribution is -0.858. The highest BCUT2D eigenvalue weighted by Crippen LogP contribution is 2.53. The minimum absolute atomic E-state index is 0.164. The maximum atomic E-state index is 13.8. The van der Waals surface area contributed by atoms with Crippen LogP contribution in [0, 0.1) is 0 Å². The van der Waals surface area contributed by atoms with E-state index < -0.39 is 23.1 Å². The number of quaternary nitrogens is 1. The third-order valence-corrected chi connectivity index (χ3v) is 6.05. The molecule has 160 valence electrons. The molecule has 2 aliphatic heterocycles. The van der Waals surface area contributed by atoms with E-state index in [1.165, 1.54) is 14.7 Å². The smallest absolute Gasteiger partial charge is 0.296 e. The van der Waals surface area contributed by atoms with Crippen molar-refractivity contribution in [3.8, 4) is 0 Å². The van der Waals surface area contributed by atoms with Crippen molar-refractivity contribution in [1.29, 1.82) is 0 Å². The standard InChI is InChI=1S/C24H25N3O4/c1-25(2)14-9-15-27-22(30)21(29)19(20(28)16-10-5-4-6-11-16)24(27)17-12-7-8-13-18(17)26(3)23(24)31/h4-8,10-13,28H,9,14-15H2,1-3H3/p+1/t24-/m1/s1. The summed E-state index contributed by atoms with van der Waals surface area (Å²) in [6.45, 7) is 0.999. The van der Waals surface area contributed by atoms with E-state index in [0.29, 0.717) is 23.2 Å². The van der Waals surface area contributed by atoms with Crippen molar-refractivity contribution in [3.63, 3.8) is 0 Å². The van der Waals surface area contributed by atoms with Gasteiger partial charge in [0.25, 0.3) is 17.6 Å². The zero-order valence-electron chi connectivity index (χ0n) is 17.9. The van der Waals surface area contributed by atoms with Gasteiger partial charge in [0, 0.05) is 36.8 Å². The van der Waals surface area contributed by atoms with Gasteiger partial charge >= 0.3 is 0 Å². The van der Waals surface area contributed by atoms with E-state index in [0.717, 1.165) is 6.54 Å². The Morgan fingerprint density at radius 2 is 1.65 bits per heavy atom. The lowest BCUT2D eigenvalue weighted by Gasteiger charge is -2.34. The number of rotatable bonds is 5. The van der Waals surface area contributed by atoms with Crippen molar-refractivity contribution in [2.45, 2.75) is 12.0 Å². The molecule has 31 heavy (non-hydrogen) atoms. The highest BCUT2D eigenvalue weighted by atomic mass is 16.3. The SMILES string of the molecule is CN1C(=O)[C@]2(C(=C(O)c3ccccc3)C(=O)C(=O)N2CCC[NH+](C)C)c2ccccc21. The molecule has 7 nitrogen and oxygen atoms in total. The normalized spacial score (nSPS) is 22.1. The van der Waals surface area contributed by atoms with Gasteiger partial charge in [-0.3, -0.25) is 14.4 Å². The van der Waals surface area contributed by atoms with Gasteiger partial charge in [-0.2, -0.15) is 0 Å². The number of likely N-dealkylation sites (tertiary alicyclic amines) is 1. The monoisotopic (exact) mass is 420 g/mol. The number of ketones is 1. The molecule has 2 aromatic carbocycles. The molecule has 2 amide bonds. The van der Waals surface area contributed by atoms with E-state index in [9.17, 15) is 19.5 Å². The Bertz CT molecular complexity index is 1090. The third kappa shape index (κ3) is 2.96. The van der Waals surface area contributed by atoms with Crippen LogP contribution in [0.5, 0.6) is 0 Å². The second kappa shape index (κ2) is 7.67. The van der Waals surface area contributed by atoms with Crippen LogP contribution in [-0.4, -0.2) is 61.8 Å². The fourth-order valence-corrected chi connectivity index (χ4v) is 4.60. The third-order valence-electron chi connectivity index (χ3n) is 6.05. The maximum Gasteiger partial charge on any atom is 0.296 e. The van der Waals surface area contributed by atoms with Crippen LogP contribution in [0.15, 0.2) is 60.2 Å². The second-order valence-corrected chi connectivity index (χ2v) is 8.28. The number of nitrogens with zero attached hydrogens (tertiary/aromatic N) is 2. The Kier molecular flexibility index (Phi) is 5.15. The molecule has 2 aliphatic rings. The summed E-state index contributed by atoms with van der Waals surface area (Å²) in [7, 11) is 5.63. The molecule has 2 heterocycles. The first-order valence-corrected chi connectivity index (χ1v) is 10.3. The Labute approximate surface area is 181 Å². The number of Topliss-reactive ketones (excluding diaryl/α,β-unsaturated/α-hetero) is 1. The molecular weight excluding hydrogens is 394 g/mol. The molecule has 1 atom stereocenters. The molecule has 1 fully saturated rings. The number of anilines is 1. The van der Waals surface area contributed by atoms with Crippen LogP contribution in [0.4, 0.5) is 5.69 Å². The number of carbonyl (C=O) groups excluding carboxylic acids is 3. The first-order chi connectivity index (χ1) is 14.8. The van der Waals surface area contributed by atoms with Gasteiger partial charge in [-0.25, -0.2) is 0 Å². The van der Waals surface area contributed by atoms with Gasteiger partial charge in [0.1, 0.15) is 5.76 Å². The molecule has 7 heteroatoms. The van der Waals surface area contributed by atoms with Gasteiger partial charge in [0.15, 0.2) is 5.54 Å². The number of aliphatic hydroxyl groups is 1. The summed E-state index contributed by atoms with van der Waals surface area (Å²) in [5.41, 5.74) is -0.283. The number of likely N-dealkylation sites (N-methyl/N-ethyl adjacent to an activating group) is 1. The maximum absolute atomic E-state index is 13.8. The van der Waals surface area contributed by atoms with Crippen LogP contribution >= 0.6 is 0 Å². The summed E-state index contributed by atoms with van der Waals surface area (Å²) >= 11 is 0. The lowest BCUT2D eigenvalue weighted by atomic mass is 9.82. The van der Waals surface area contributed by atoms with E-state index in [2.05, 4.69) is 0 Å². The summed E-state index contributed by atoms with van der Waals surface area (Å²) in [5, 5.41) is 11.2. The molecule has 1 saturated heterocycles. The van der Waals surface area contributed by atoms with Gasteiger partial charge in [0.05, 0.1) is 26.2 Å². The number of para-hydroxylation sites is 1. The molecule has 4 rings (SSSR count). The molecule has 0 radical (unpaired) electrons. The summed E-state index contributed by atoms with van der Waals surface area (Å²) in [6.07, 6.45) is 0.613. The zero-order valence-corrected chi connectivity index (χ0v) is 17.9. The van der Waals surface area contributed by atoms with Crippen LogP contribution in [0.1, 0.15) is 17.5 Å². The summed E-state index contributed by atoms with van der Waals surface area (Å²) in [6, 6.07) is 15.7. The number of hydrogen-bond donors (Lipinski definition) is 2. The number of carbonyl (C=O) groups is 3. The van der Waals surface area contributed by atoms with E-state index in [1.54, 1.807) is 61.6 Å². The highest BCUT2D eigenvalue weighted by molar-refractivity contribution is 6.50. The molecule has 0 aromatic heterocycles.